The molecule has 0 unspecified atom stereocenters. The number of furan rings is 1. The molecule has 1 amide bonds. The number of H-pyrrole nitrogens is 1. The highest BCUT2D eigenvalue weighted by Crippen LogP contribution is 2.07. The van der Waals surface area contributed by atoms with Gasteiger partial charge in [-0.1, -0.05) is 0 Å². The lowest BCUT2D eigenvalue weighted by atomic mass is 10.3. The number of carbonyl (C=O) groups excluding carboxylic acids is 1. The van der Waals surface area contributed by atoms with Crippen molar-refractivity contribution in [3.05, 3.63) is 35.8 Å². The Morgan fingerprint density at radius 2 is 2.33 bits per heavy atom. The van der Waals surface area contributed by atoms with E-state index >= 15 is 0 Å². The number of carboxylic acid groups (broad SMARTS) is 1. The fourth-order valence-corrected chi connectivity index (χ4v) is 1.30. The molecule has 0 fully saturated rings. The Morgan fingerprint density at radius 1 is 1.50 bits per heavy atom. The zero-order valence-electron chi connectivity index (χ0n) is 9.21. The first-order valence-electron chi connectivity index (χ1n) is 5.11. The van der Waals surface area contributed by atoms with E-state index in [-0.39, 0.29) is 11.3 Å². The summed E-state index contributed by atoms with van der Waals surface area (Å²) in [5, 5.41) is 17.6. The van der Waals surface area contributed by atoms with Crippen molar-refractivity contribution >= 4 is 11.9 Å². The number of amides is 1. The second kappa shape index (κ2) is 5.13. The SMILES string of the molecule is O=C(O)c1coc(C(=O)NCCc2ncn[nH]2)c1. The number of hydrogen-bond acceptors (Lipinski definition) is 5. The van der Waals surface area contributed by atoms with Crippen molar-refractivity contribution < 1.29 is 19.1 Å². The summed E-state index contributed by atoms with van der Waals surface area (Å²) < 4.78 is 4.85. The molecular weight excluding hydrogens is 240 g/mol. The van der Waals surface area contributed by atoms with Gasteiger partial charge in [-0.2, -0.15) is 5.10 Å². The van der Waals surface area contributed by atoms with Crippen LogP contribution in [0.25, 0.3) is 0 Å². The molecule has 2 aromatic heterocycles. The first-order chi connectivity index (χ1) is 8.66. The van der Waals surface area contributed by atoms with E-state index in [2.05, 4.69) is 20.5 Å². The van der Waals surface area contributed by atoms with Crippen LogP contribution in [0.2, 0.25) is 0 Å². The van der Waals surface area contributed by atoms with Crippen molar-refractivity contribution in [3.8, 4) is 0 Å². The van der Waals surface area contributed by atoms with Crippen molar-refractivity contribution in [2.75, 3.05) is 6.54 Å². The van der Waals surface area contributed by atoms with Crippen LogP contribution in [0.3, 0.4) is 0 Å². The van der Waals surface area contributed by atoms with Crippen molar-refractivity contribution in [1.29, 1.82) is 0 Å². The van der Waals surface area contributed by atoms with Crippen LogP contribution in [-0.4, -0.2) is 38.7 Å². The Morgan fingerprint density at radius 3 is 2.94 bits per heavy atom. The number of aromatic carboxylic acids is 1. The zero-order valence-corrected chi connectivity index (χ0v) is 9.21. The van der Waals surface area contributed by atoms with Crippen LogP contribution in [0.1, 0.15) is 26.7 Å². The minimum absolute atomic E-state index is 0.0371. The van der Waals surface area contributed by atoms with Crippen molar-refractivity contribution in [1.82, 2.24) is 20.5 Å². The van der Waals surface area contributed by atoms with Gasteiger partial charge in [-0.15, -0.1) is 0 Å². The Balaban J connectivity index is 1.85. The molecule has 0 aliphatic rings. The molecule has 94 valence electrons. The molecule has 0 saturated carbocycles. The van der Waals surface area contributed by atoms with E-state index in [0.717, 1.165) is 6.26 Å². The van der Waals surface area contributed by atoms with Gasteiger partial charge in [0.25, 0.3) is 5.91 Å². The summed E-state index contributed by atoms with van der Waals surface area (Å²) in [5.41, 5.74) is -0.0598. The predicted molar refractivity (Wildman–Crippen MR) is 58.1 cm³/mol. The fraction of sp³-hybridized carbons (Fsp3) is 0.200. The van der Waals surface area contributed by atoms with E-state index in [1.54, 1.807) is 0 Å². The number of hydrogen-bond donors (Lipinski definition) is 3. The molecule has 8 heteroatoms. The molecule has 0 atom stereocenters. The third-order valence-electron chi connectivity index (χ3n) is 2.18. The molecule has 2 rings (SSSR count). The number of aromatic amines is 1. The van der Waals surface area contributed by atoms with Crippen LogP contribution < -0.4 is 5.32 Å². The van der Waals surface area contributed by atoms with Crippen LogP contribution in [-0.2, 0) is 6.42 Å². The maximum absolute atomic E-state index is 11.6. The number of nitrogens with one attached hydrogen (secondary N) is 2. The number of carbonyl (C=O) groups is 2. The lowest BCUT2D eigenvalue weighted by Crippen LogP contribution is -2.25. The lowest BCUT2D eigenvalue weighted by molar-refractivity contribution is 0.0696. The van der Waals surface area contributed by atoms with Gasteiger partial charge >= 0.3 is 5.97 Å². The minimum atomic E-state index is -1.14. The van der Waals surface area contributed by atoms with Gasteiger partial charge in [0.05, 0.1) is 5.56 Å². The van der Waals surface area contributed by atoms with E-state index in [1.165, 1.54) is 12.4 Å². The molecule has 0 saturated heterocycles. The van der Waals surface area contributed by atoms with E-state index in [0.29, 0.717) is 18.8 Å². The van der Waals surface area contributed by atoms with E-state index in [1.807, 2.05) is 0 Å². The van der Waals surface area contributed by atoms with E-state index < -0.39 is 11.9 Å². The highest BCUT2D eigenvalue weighted by molar-refractivity contribution is 5.95. The molecule has 0 aliphatic heterocycles. The summed E-state index contributed by atoms with van der Waals surface area (Å²) in [5.74, 6) is -0.993. The lowest BCUT2D eigenvalue weighted by Gasteiger charge is -2.00. The number of rotatable bonds is 5. The Hall–Kier alpha value is -2.64. The number of aromatic nitrogens is 3. The van der Waals surface area contributed by atoms with Crippen LogP contribution in [0.15, 0.2) is 23.1 Å². The first-order valence-corrected chi connectivity index (χ1v) is 5.11. The second-order valence-electron chi connectivity index (χ2n) is 3.44. The third kappa shape index (κ3) is 2.73. The normalized spacial score (nSPS) is 10.2. The van der Waals surface area contributed by atoms with Gasteiger partial charge in [0.2, 0.25) is 0 Å². The predicted octanol–water partition coefficient (Wildman–Crippen LogP) is 0.0684. The molecule has 0 aliphatic carbocycles. The maximum atomic E-state index is 11.6. The van der Waals surface area contributed by atoms with Gasteiger partial charge in [-0.25, -0.2) is 9.78 Å². The molecule has 0 radical (unpaired) electrons. The van der Waals surface area contributed by atoms with Crippen LogP contribution in [0.4, 0.5) is 0 Å². The van der Waals surface area contributed by atoms with Gasteiger partial charge in [0.15, 0.2) is 5.76 Å². The van der Waals surface area contributed by atoms with Gasteiger partial charge in [-0.05, 0) is 0 Å². The maximum Gasteiger partial charge on any atom is 0.338 e. The summed E-state index contributed by atoms with van der Waals surface area (Å²) in [6.07, 6.45) is 2.90. The monoisotopic (exact) mass is 250 g/mol. The van der Waals surface area contributed by atoms with E-state index in [4.69, 9.17) is 9.52 Å². The average molecular weight is 250 g/mol. The Labute approximate surface area is 101 Å². The quantitative estimate of drug-likeness (QED) is 0.690. The molecule has 0 spiro atoms. The summed E-state index contributed by atoms with van der Waals surface area (Å²) >= 11 is 0. The van der Waals surface area contributed by atoms with Crippen LogP contribution in [0, 0.1) is 0 Å². The standard InChI is InChI=1S/C10H10N4O4/c15-9(7-3-6(4-18-7)10(16)17)11-2-1-8-12-5-13-14-8/h3-5H,1-2H2,(H,11,15)(H,16,17)(H,12,13,14). The number of nitrogens with zero attached hydrogens (tertiary/aromatic N) is 2. The minimum Gasteiger partial charge on any atom is -0.478 e. The number of carboxylic acids is 1. The van der Waals surface area contributed by atoms with Gasteiger partial charge in [0.1, 0.15) is 18.4 Å². The zero-order chi connectivity index (χ0) is 13.0. The van der Waals surface area contributed by atoms with Gasteiger partial charge in [-0.3, -0.25) is 9.89 Å². The van der Waals surface area contributed by atoms with Crippen molar-refractivity contribution in [2.45, 2.75) is 6.42 Å². The van der Waals surface area contributed by atoms with Gasteiger partial charge < -0.3 is 14.8 Å². The van der Waals surface area contributed by atoms with E-state index in [9.17, 15) is 9.59 Å². The summed E-state index contributed by atoms with van der Waals surface area (Å²) in [6.45, 7) is 0.344. The Bertz CT molecular complexity index is 546. The molecule has 8 nitrogen and oxygen atoms in total. The summed E-state index contributed by atoms with van der Waals surface area (Å²) in [6, 6.07) is 1.17. The highest BCUT2D eigenvalue weighted by Gasteiger charge is 2.14. The average Bonchev–Trinajstić information content (AvgIpc) is 2.99. The Kier molecular flexibility index (Phi) is 3.37. The fourth-order valence-electron chi connectivity index (χ4n) is 1.30. The van der Waals surface area contributed by atoms with Gasteiger partial charge in [0, 0.05) is 19.0 Å². The van der Waals surface area contributed by atoms with Crippen molar-refractivity contribution in [2.24, 2.45) is 0 Å². The van der Waals surface area contributed by atoms with Crippen molar-refractivity contribution in [3.63, 3.8) is 0 Å². The second-order valence-corrected chi connectivity index (χ2v) is 3.44. The molecule has 2 aromatic rings. The topological polar surface area (TPSA) is 121 Å². The third-order valence-corrected chi connectivity index (χ3v) is 2.18. The highest BCUT2D eigenvalue weighted by atomic mass is 16.4. The van der Waals surface area contributed by atoms with Crippen LogP contribution >= 0.6 is 0 Å². The molecule has 2 heterocycles. The smallest absolute Gasteiger partial charge is 0.338 e. The largest absolute Gasteiger partial charge is 0.478 e. The molecule has 18 heavy (non-hydrogen) atoms. The molecule has 0 bridgehead atoms. The molecule has 0 aromatic carbocycles. The molecular formula is C10H10N4O4. The summed E-state index contributed by atoms with van der Waals surface area (Å²) in [7, 11) is 0. The van der Waals surface area contributed by atoms with Crippen LogP contribution in [0.5, 0.6) is 0 Å². The summed E-state index contributed by atoms with van der Waals surface area (Å²) in [4.78, 5) is 26.1. The molecule has 3 N–H and O–H groups in total. The first kappa shape index (κ1) is 11.8.